The van der Waals surface area contributed by atoms with Crippen molar-refractivity contribution in [3.63, 3.8) is 0 Å². The third-order valence-electron chi connectivity index (χ3n) is 1.90. The van der Waals surface area contributed by atoms with Gasteiger partial charge in [-0.05, 0) is 5.56 Å². The Balaban J connectivity index is 2.53. The maximum absolute atomic E-state index is 5.95. The zero-order chi connectivity index (χ0) is 8.55. The molecule has 0 aliphatic carbocycles. The average molecular weight is 181 g/mol. The predicted molar refractivity (Wildman–Crippen MR) is 50.3 cm³/mol. The topological polar surface area (TPSA) is 15.6 Å². The summed E-state index contributed by atoms with van der Waals surface area (Å²) in [7, 11) is 1.92. The van der Waals surface area contributed by atoms with Crippen LogP contribution in [0.15, 0.2) is 29.4 Å². The quantitative estimate of drug-likeness (QED) is 0.597. The fourth-order valence-electron chi connectivity index (χ4n) is 1.35. The summed E-state index contributed by atoms with van der Waals surface area (Å²) in [6, 6.07) is 8.06. The van der Waals surface area contributed by atoms with Crippen molar-refractivity contribution in [3.05, 3.63) is 35.4 Å². The summed E-state index contributed by atoms with van der Waals surface area (Å²) in [5, 5.41) is 6.56. The van der Waals surface area contributed by atoms with E-state index in [9.17, 15) is 0 Å². The number of benzene rings is 1. The van der Waals surface area contributed by atoms with E-state index in [1.807, 2.05) is 30.3 Å². The van der Waals surface area contributed by atoms with Gasteiger partial charge in [0, 0.05) is 12.6 Å². The molecule has 0 radical (unpaired) electrons. The van der Waals surface area contributed by atoms with Crippen molar-refractivity contribution in [1.29, 1.82) is 0 Å². The van der Waals surface area contributed by atoms with Crippen LogP contribution in [0.2, 0.25) is 0 Å². The van der Waals surface area contributed by atoms with Crippen LogP contribution in [0.4, 0.5) is 0 Å². The van der Waals surface area contributed by atoms with Crippen molar-refractivity contribution in [2.75, 3.05) is 7.05 Å². The smallest absolute Gasteiger partial charge is 0.156 e. The number of hydrazone groups is 1. The van der Waals surface area contributed by atoms with E-state index >= 15 is 0 Å². The summed E-state index contributed by atoms with van der Waals surface area (Å²) in [4.78, 5) is 0. The lowest BCUT2D eigenvalue weighted by Crippen LogP contribution is -2.19. The van der Waals surface area contributed by atoms with Gasteiger partial charge in [0.1, 0.15) is 0 Å². The van der Waals surface area contributed by atoms with Gasteiger partial charge in [0.15, 0.2) is 5.17 Å². The van der Waals surface area contributed by atoms with Crippen LogP contribution in [-0.2, 0) is 6.54 Å². The van der Waals surface area contributed by atoms with Gasteiger partial charge in [-0.3, -0.25) is 5.01 Å². The maximum Gasteiger partial charge on any atom is 0.156 e. The first kappa shape index (κ1) is 7.62. The molecule has 0 spiro atoms. The lowest BCUT2D eigenvalue weighted by atomic mass is 10.1. The van der Waals surface area contributed by atoms with Crippen molar-refractivity contribution >= 4 is 16.8 Å². The first-order valence-corrected chi connectivity index (χ1v) is 4.18. The van der Waals surface area contributed by atoms with E-state index in [2.05, 4.69) is 11.2 Å². The molecule has 0 saturated heterocycles. The highest BCUT2D eigenvalue weighted by molar-refractivity contribution is 6.69. The maximum atomic E-state index is 5.95. The van der Waals surface area contributed by atoms with E-state index in [0.29, 0.717) is 5.17 Å². The summed E-state index contributed by atoms with van der Waals surface area (Å²) >= 11 is 5.95. The fourth-order valence-corrected chi connectivity index (χ4v) is 1.66. The van der Waals surface area contributed by atoms with Crippen molar-refractivity contribution in [1.82, 2.24) is 5.01 Å². The lowest BCUT2D eigenvalue weighted by Gasteiger charge is -2.21. The molecule has 1 aromatic carbocycles. The molecule has 2 nitrogen and oxygen atoms in total. The highest BCUT2D eigenvalue weighted by Crippen LogP contribution is 2.19. The number of hydrogen-bond donors (Lipinski definition) is 0. The summed E-state index contributed by atoms with van der Waals surface area (Å²) in [6.07, 6.45) is 0. The molecule has 1 aliphatic rings. The molecule has 0 aromatic heterocycles. The molecule has 0 bridgehead atoms. The van der Waals surface area contributed by atoms with Crippen LogP contribution in [-0.4, -0.2) is 17.2 Å². The van der Waals surface area contributed by atoms with Crippen molar-refractivity contribution < 1.29 is 0 Å². The number of fused-ring (bicyclic) bond motifs is 1. The van der Waals surface area contributed by atoms with Crippen LogP contribution < -0.4 is 0 Å². The number of rotatable bonds is 0. The van der Waals surface area contributed by atoms with E-state index < -0.39 is 0 Å². The Morgan fingerprint density at radius 1 is 1.42 bits per heavy atom. The molecule has 3 heteroatoms. The van der Waals surface area contributed by atoms with Crippen LogP contribution in [0.3, 0.4) is 0 Å². The highest BCUT2D eigenvalue weighted by Gasteiger charge is 2.13. The molecular weight excluding hydrogens is 172 g/mol. The van der Waals surface area contributed by atoms with Crippen LogP contribution in [0.5, 0.6) is 0 Å². The summed E-state index contributed by atoms with van der Waals surface area (Å²) in [6.45, 7) is 0.840. The molecule has 1 aliphatic heterocycles. The van der Waals surface area contributed by atoms with Crippen LogP contribution in [0, 0.1) is 0 Å². The Kier molecular flexibility index (Phi) is 1.77. The summed E-state index contributed by atoms with van der Waals surface area (Å²) in [5.41, 5.74) is 2.29. The van der Waals surface area contributed by atoms with Gasteiger partial charge in [-0.1, -0.05) is 35.9 Å². The van der Waals surface area contributed by atoms with Gasteiger partial charge in [-0.25, -0.2) is 0 Å². The number of hydrogen-bond acceptors (Lipinski definition) is 2. The van der Waals surface area contributed by atoms with Crippen molar-refractivity contribution in [2.24, 2.45) is 5.10 Å². The van der Waals surface area contributed by atoms with Crippen LogP contribution in [0.1, 0.15) is 11.1 Å². The van der Waals surface area contributed by atoms with Crippen molar-refractivity contribution in [2.45, 2.75) is 6.54 Å². The molecule has 0 amide bonds. The van der Waals surface area contributed by atoms with Crippen LogP contribution >= 0.6 is 11.6 Å². The molecule has 1 aromatic rings. The van der Waals surface area contributed by atoms with Crippen LogP contribution in [0.25, 0.3) is 0 Å². The second-order valence-corrected chi connectivity index (χ2v) is 3.22. The van der Waals surface area contributed by atoms with Gasteiger partial charge < -0.3 is 0 Å². The third kappa shape index (κ3) is 1.18. The third-order valence-corrected chi connectivity index (χ3v) is 2.18. The SMILES string of the molecule is CN1Cc2ccccc2C(Cl)=N1. The minimum Gasteiger partial charge on any atom is -0.294 e. The van der Waals surface area contributed by atoms with Gasteiger partial charge in [0.25, 0.3) is 0 Å². The van der Waals surface area contributed by atoms with E-state index in [1.165, 1.54) is 5.56 Å². The molecule has 0 N–H and O–H groups in total. The fraction of sp³-hybridized carbons (Fsp3) is 0.222. The minimum absolute atomic E-state index is 0.583. The van der Waals surface area contributed by atoms with Gasteiger partial charge in [-0.2, -0.15) is 5.10 Å². The van der Waals surface area contributed by atoms with E-state index in [1.54, 1.807) is 0 Å². The molecular formula is C9H9ClN2. The molecule has 0 unspecified atom stereocenters. The number of nitrogens with zero attached hydrogens (tertiary/aromatic N) is 2. The second-order valence-electron chi connectivity index (χ2n) is 2.86. The van der Waals surface area contributed by atoms with Gasteiger partial charge >= 0.3 is 0 Å². The molecule has 0 saturated carbocycles. The Bertz CT molecular complexity index is 333. The van der Waals surface area contributed by atoms with E-state index in [0.717, 1.165) is 12.1 Å². The summed E-state index contributed by atoms with van der Waals surface area (Å²) in [5.74, 6) is 0. The molecule has 2 rings (SSSR count). The molecule has 12 heavy (non-hydrogen) atoms. The predicted octanol–water partition coefficient (Wildman–Crippen LogP) is 2.03. The van der Waals surface area contributed by atoms with E-state index in [-0.39, 0.29) is 0 Å². The Morgan fingerprint density at radius 2 is 2.17 bits per heavy atom. The highest BCUT2D eigenvalue weighted by atomic mass is 35.5. The lowest BCUT2D eigenvalue weighted by molar-refractivity contribution is 0.342. The monoisotopic (exact) mass is 180 g/mol. The zero-order valence-electron chi connectivity index (χ0n) is 6.79. The normalized spacial score (nSPS) is 15.5. The van der Waals surface area contributed by atoms with Gasteiger partial charge in [0.05, 0.1) is 6.54 Å². The molecule has 1 heterocycles. The molecule has 62 valence electrons. The first-order chi connectivity index (χ1) is 5.77. The Labute approximate surface area is 76.4 Å². The molecule has 0 atom stereocenters. The Morgan fingerprint density at radius 3 is 3.00 bits per heavy atom. The average Bonchev–Trinajstić information content (AvgIpc) is 2.04. The van der Waals surface area contributed by atoms with Gasteiger partial charge in [0.2, 0.25) is 0 Å². The first-order valence-electron chi connectivity index (χ1n) is 3.81. The Hall–Kier alpha value is -1.02. The molecule has 0 fully saturated rings. The standard InChI is InChI=1S/C9H9ClN2/c1-12-6-7-4-2-3-5-8(7)9(10)11-12/h2-5H,6H2,1H3. The second kappa shape index (κ2) is 2.79. The minimum atomic E-state index is 0.583. The zero-order valence-corrected chi connectivity index (χ0v) is 7.54. The van der Waals surface area contributed by atoms with E-state index in [4.69, 9.17) is 11.6 Å². The van der Waals surface area contributed by atoms with Gasteiger partial charge in [-0.15, -0.1) is 0 Å². The van der Waals surface area contributed by atoms with Crippen molar-refractivity contribution in [3.8, 4) is 0 Å². The number of halogens is 1. The largest absolute Gasteiger partial charge is 0.294 e. The summed E-state index contributed by atoms with van der Waals surface area (Å²) < 4.78 is 0.